The zero-order valence-corrected chi connectivity index (χ0v) is 9.35. The molecule has 0 N–H and O–H groups in total. The maximum absolute atomic E-state index is 11.4. The van der Waals surface area contributed by atoms with E-state index in [2.05, 4.69) is 11.7 Å². The highest BCUT2D eigenvalue weighted by Gasteiger charge is 2.14. The quantitative estimate of drug-likeness (QED) is 0.719. The van der Waals surface area contributed by atoms with Crippen molar-refractivity contribution < 1.29 is 4.79 Å². The van der Waals surface area contributed by atoms with E-state index in [4.69, 9.17) is 11.6 Å². The van der Waals surface area contributed by atoms with Crippen molar-refractivity contribution in [2.24, 2.45) is 7.05 Å². The fraction of sp³-hybridized carbons (Fsp3) is 0.400. The molecule has 0 amide bonds. The maximum atomic E-state index is 11.4. The standard InChI is InChI=1S/C10H13ClN2O/c1-6(2)9(14)5-8-10(11)7(3)12-13(8)4/h1,5H2,2-4H3. The Morgan fingerprint density at radius 2 is 2.21 bits per heavy atom. The van der Waals surface area contributed by atoms with Crippen LogP contribution in [0.1, 0.15) is 18.3 Å². The van der Waals surface area contributed by atoms with Crippen molar-refractivity contribution in [3.05, 3.63) is 28.6 Å². The van der Waals surface area contributed by atoms with Gasteiger partial charge in [-0.2, -0.15) is 5.10 Å². The van der Waals surface area contributed by atoms with Crippen molar-refractivity contribution in [3.8, 4) is 0 Å². The zero-order valence-electron chi connectivity index (χ0n) is 8.59. The lowest BCUT2D eigenvalue weighted by molar-refractivity contribution is -0.115. The van der Waals surface area contributed by atoms with Crippen LogP contribution in [0, 0.1) is 6.92 Å². The number of aryl methyl sites for hydroxylation is 2. The van der Waals surface area contributed by atoms with E-state index < -0.39 is 0 Å². The molecule has 0 aliphatic rings. The van der Waals surface area contributed by atoms with Gasteiger partial charge < -0.3 is 0 Å². The van der Waals surface area contributed by atoms with Gasteiger partial charge in [0.2, 0.25) is 0 Å². The van der Waals surface area contributed by atoms with Crippen molar-refractivity contribution in [1.82, 2.24) is 9.78 Å². The second-order valence-corrected chi connectivity index (χ2v) is 3.73. The minimum absolute atomic E-state index is 0.00472. The molecule has 0 aromatic carbocycles. The molecule has 3 nitrogen and oxygen atoms in total. The molecule has 1 aromatic heterocycles. The first-order chi connectivity index (χ1) is 6.43. The second-order valence-electron chi connectivity index (χ2n) is 3.35. The first kappa shape index (κ1) is 11.0. The molecule has 1 rings (SSSR count). The smallest absolute Gasteiger partial charge is 0.163 e. The third kappa shape index (κ3) is 2.04. The Bertz CT molecular complexity index is 393. The molecule has 0 radical (unpaired) electrons. The van der Waals surface area contributed by atoms with Gasteiger partial charge in [0.25, 0.3) is 0 Å². The predicted octanol–water partition coefficient (Wildman–Crippen LogP) is 2.07. The lowest BCUT2D eigenvalue weighted by Gasteiger charge is -2.01. The van der Waals surface area contributed by atoms with Crippen LogP contribution >= 0.6 is 11.6 Å². The Hall–Kier alpha value is -1.09. The van der Waals surface area contributed by atoms with Gasteiger partial charge in [0.15, 0.2) is 5.78 Å². The van der Waals surface area contributed by atoms with Crippen LogP contribution < -0.4 is 0 Å². The zero-order chi connectivity index (χ0) is 10.9. The first-order valence-corrected chi connectivity index (χ1v) is 4.68. The van der Waals surface area contributed by atoms with Crippen LogP contribution in [-0.2, 0) is 18.3 Å². The summed E-state index contributed by atoms with van der Waals surface area (Å²) in [5.74, 6) is -0.00472. The summed E-state index contributed by atoms with van der Waals surface area (Å²) >= 11 is 6.00. The number of Topliss-reactive ketones (excluding diaryl/α,β-unsaturated/α-hetero) is 1. The molecule has 14 heavy (non-hydrogen) atoms. The highest BCUT2D eigenvalue weighted by molar-refractivity contribution is 6.32. The minimum atomic E-state index is -0.00472. The lowest BCUT2D eigenvalue weighted by Crippen LogP contribution is -2.08. The average Bonchev–Trinajstić information content (AvgIpc) is 2.32. The van der Waals surface area contributed by atoms with Crippen LogP contribution in [0.15, 0.2) is 12.2 Å². The minimum Gasteiger partial charge on any atom is -0.294 e. The number of carbonyl (C=O) groups excluding carboxylic acids is 1. The monoisotopic (exact) mass is 212 g/mol. The van der Waals surface area contributed by atoms with E-state index in [9.17, 15) is 4.79 Å². The van der Waals surface area contributed by atoms with Crippen molar-refractivity contribution in [1.29, 1.82) is 0 Å². The lowest BCUT2D eigenvalue weighted by atomic mass is 10.1. The SMILES string of the molecule is C=C(C)C(=O)Cc1c(Cl)c(C)nn1C. The van der Waals surface area contributed by atoms with Gasteiger partial charge in [-0.15, -0.1) is 0 Å². The molecule has 0 spiro atoms. The molecule has 0 bridgehead atoms. The van der Waals surface area contributed by atoms with E-state index in [0.717, 1.165) is 11.4 Å². The maximum Gasteiger partial charge on any atom is 0.163 e. The van der Waals surface area contributed by atoms with Gasteiger partial charge in [-0.25, -0.2) is 0 Å². The predicted molar refractivity (Wildman–Crippen MR) is 56.5 cm³/mol. The topological polar surface area (TPSA) is 34.9 Å². The normalized spacial score (nSPS) is 10.3. The fourth-order valence-corrected chi connectivity index (χ4v) is 1.40. The highest BCUT2D eigenvalue weighted by Crippen LogP contribution is 2.20. The molecule has 0 atom stereocenters. The van der Waals surface area contributed by atoms with Crippen LogP contribution in [0.2, 0.25) is 5.02 Å². The number of aromatic nitrogens is 2. The molecule has 4 heteroatoms. The van der Waals surface area contributed by atoms with E-state index >= 15 is 0 Å². The molecular formula is C10H13ClN2O. The van der Waals surface area contributed by atoms with E-state index in [0.29, 0.717) is 10.6 Å². The number of halogens is 1. The summed E-state index contributed by atoms with van der Waals surface area (Å²) in [4.78, 5) is 11.4. The van der Waals surface area contributed by atoms with Crippen molar-refractivity contribution in [3.63, 3.8) is 0 Å². The summed E-state index contributed by atoms with van der Waals surface area (Å²) in [6.45, 7) is 7.11. The molecule has 0 saturated heterocycles. The third-order valence-electron chi connectivity index (χ3n) is 2.07. The molecular weight excluding hydrogens is 200 g/mol. The summed E-state index contributed by atoms with van der Waals surface area (Å²) in [5, 5.41) is 4.70. The summed E-state index contributed by atoms with van der Waals surface area (Å²) in [5.41, 5.74) is 2.04. The van der Waals surface area contributed by atoms with Crippen molar-refractivity contribution in [2.45, 2.75) is 20.3 Å². The van der Waals surface area contributed by atoms with Crippen LogP contribution in [0.5, 0.6) is 0 Å². The van der Waals surface area contributed by atoms with Crippen LogP contribution in [0.3, 0.4) is 0 Å². The van der Waals surface area contributed by atoms with Crippen molar-refractivity contribution in [2.75, 3.05) is 0 Å². The van der Waals surface area contributed by atoms with Gasteiger partial charge >= 0.3 is 0 Å². The molecule has 1 heterocycles. The number of hydrogen-bond donors (Lipinski definition) is 0. The average molecular weight is 213 g/mol. The Balaban J connectivity index is 2.97. The number of allylic oxidation sites excluding steroid dienone is 1. The van der Waals surface area contributed by atoms with Crippen molar-refractivity contribution >= 4 is 17.4 Å². The molecule has 0 fully saturated rings. The van der Waals surface area contributed by atoms with Crippen LogP contribution in [-0.4, -0.2) is 15.6 Å². The molecule has 0 saturated carbocycles. The Labute approximate surface area is 88.4 Å². The number of rotatable bonds is 3. The highest BCUT2D eigenvalue weighted by atomic mass is 35.5. The van der Waals surface area contributed by atoms with E-state index in [1.165, 1.54) is 0 Å². The number of hydrogen-bond acceptors (Lipinski definition) is 2. The number of nitrogens with zero attached hydrogens (tertiary/aromatic N) is 2. The van der Waals surface area contributed by atoms with E-state index in [1.807, 2.05) is 6.92 Å². The molecule has 76 valence electrons. The van der Waals surface area contributed by atoms with Gasteiger partial charge in [0.1, 0.15) is 0 Å². The van der Waals surface area contributed by atoms with E-state index in [-0.39, 0.29) is 12.2 Å². The summed E-state index contributed by atoms with van der Waals surface area (Å²) in [6, 6.07) is 0. The molecule has 0 aliphatic carbocycles. The van der Waals surface area contributed by atoms with Gasteiger partial charge in [-0.3, -0.25) is 9.48 Å². The molecule has 0 aliphatic heterocycles. The first-order valence-electron chi connectivity index (χ1n) is 4.30. The Morgan fingerprint density at radius 1 is 1.64 bits per heavy atom. The largest absolute Gasteiger partial charge is 0.294 e. The fourth-order valence-electron chi connectivity index (χ4n) is 1.18. The van der Waals surface area contributed by atoms with E-state index in [1.54, 1.807) is 18.7 Å². The molecule has 0 unspecified atom stereocenters. The second kappa shape index (κ2) is 3.96. The Kier molecular flexibility index (Phi) is 3.11. The summed E-state index contributed by atoms with van der Waals surface area (Å²) in [7, 11) is 1.78. The van der Waals surface area contributed by atoms with Crippen LogP contribution in [0.25, 0.3) is 0 Å². The van der Waals surface area contributed by atoms with Gasteiger partial charge in [0.05, 0.1) is 22.8 Å². The number of ketones is 1. The van der Waals surface area contributed by atoms with Gasteiger partial charge in [-0.05, 0) is 19.4 Å². The molecule has 1 aromatic rings. The number of carbonyl (C=O) groups is 1. The van der Waals surface area contributed by atoms with Crippen LogP contribution in [0.4, 0.5) is 0 Å². The Morgan fingerprint density at radius 3 is 2.57 bits per heavy atom. The summed E-state index contributed by atoms with van der Waals surface area (Å²) in [6.07, 6.45) is 0.269. The third-order valence-corrected chi connectivity index (χ3v) is 2.56. The van der Waals surface area contributed by atoms with Gasteiger partial charge in [-0.1, -0.05) is 18.2 Å². The summed E-state index contributed by atoms with van der Waals surface area (Å²) < 4.78 is 1.64. The van der Waals surface area contributed by atoms with Gasteiger partial charge in [0, 0.05) is 7.05 Å².